The van der Waals surface area contributed by atoms with E-state index in [-0.39, 0.29) is 5.91 Å². The topological polar surface area (TPSA) is 51.2 Å². The molecule has 1 aliphatic heterocycles. The molecule has 26 heavy (non-hydrogen) atoms. The molecule has 1 amide bonds. The molecule has 0 atom stereocenters. The van der Waals surface area contributed by atoms with Crippen LogP contribution in [0.5, 0.6) is 5.75 Å². The molecule has 0 fully saturated rings. The molecule has 132 valence electrons. The smallest absolute Gasteiger partial charge is 0.224 e. The van der Waals surface area contributed by atoms with Crippen molar-refractivity contribution >= 4 is 34.7 Å². The van der Waals surface area contributed by atoms with E-state index in [9.17, 15) is 4.79 Å². The van der Waals surface area contributed by atoms with Crippen LogP contribution in [0, 0.1) is 0 Å². The molecule has 2 aromatic carbocycles. The third-order valence-corrected chi connectivity index (χ3v) is 6.10. The molecule has 0 saturated heterocycles. The second kappa shape index (κ2) is 7.13. The summed E-state index contributed by atoms with van der Waals surface area (Å²) in [4.78, 5) is 17.4. The molecular weight excluding hydrogens is 364 g/mol. The molecule has 0 unspecified atom stereocenters. The average Bonchev–Trinajstić information content (AvgIpc) is 3.17. The van der Waals surface area contributed by atoms with Crippen LogP contribution in [-0.4, -0.2) is 24.3 Å². The highest BCUT2D eigenvalue weighted by Crippen LogP contribution is 2.36. The number of benzene rings is 2. The van der Waals surface area contributed by atoms with Gasteiger partial charge in [-0.25, -0.2) is 4.98 Å². The van der Waals surface area contributed by atoms with Gasteiger partial charge in [0, 0.05) is 33.5 Å². The minimum Gasteiger partial charge on any atom is -0.496 e. The van der Waals surface area contributed by atoms with Crippen molar-refractivity contribution in [3.8, 4) is 27.6 Å². The van der Waals surface area contributed by atoms with Crippen molar-refractivity contribution in [3.63, 3.8) is 0 Å². The second-order valence-corrected chi connectivity index (χ2v) is 7.73. The molecule has 0 bridgehead atoms. The van der Waals surface area contributed by atoms with Crippen molar-refractivity contribution in [2.24, 2.45) is 0 Å². The number of carbonyl (C=O) groups is 1. The van der Waals surface area contributed by atoms with Gasteiger partial charge in [-0.3, -0.25) is 4.79 Å². The number of carbonyl (C=O) groups excluding carboxylic acids is 1. The van der Waals surface area contributed by atoms with Gasteiger partial charge in [-0.1, -0.05) is 12.1 Å². The Morgan fingerprint density at radius 3 is 2.81 bits per heavy atom. The van der Waals surface area contributed by atoms with Crippen molar-refractivity contribution in [2.45, 2.75) is 17.7 Å². The highest BCUT2D eigenvalue weighted by atomic mass is 32.2. The van der Waals surface area contributed by atoms with E-state index in [4.69, 9.17) is 9.72 Å². The number of ether oxygens (including phenoxy) is 1. The fourth-order valence-corrected chi connectivity index (χ4v) is 4.42. The van der Waals surface area contributed by atoms with E-state index >= 15 is 0 Å². The largest absolute Gasteiger partial charge is 0.496 e. The molecule has 2 heterocycles. The van der Waals surface area contributed by atoms with Crippen molar-refractivity contribution in [1.29, 1.82) is 0 Å². The molecule has 3 aromatic rings. The quantitative estimate of drug-likeness (QED) is 0.639. The Morgan fingerprint density at radius 2 is 2.00 bits per heavy atom. The number of rotatable bonds is 4. The Morgan fingerprint density at radius 1 is 1.15 bits per heavy atom. The second-order valence-electron chi connectivity index (χ2n) is 6.03. The molecule has 0 spiro atoms. The number of amides is 1. The fraction of sp³-hybridized carbons (Fsp3) is 0.200. The van der Waals surface area contributed by atoms with Gasteiger partial charge in [0.25, 0.3) is 0 Å². The Hall–Kier alpha value is -2.31. The monoisotopic (exact) mass is 382 g/mol. The van der Waals surface area contributed by atoms with Crippen LogP contribution in [0.15, 0.2) is 46.7 Å². The minimum absolute atomic E-state index is 0.0869. The number of aryl methyl sites for hydroxylation is 1. The lowest BCUT2D eigenvalue weighted by Gasteiger charge is -2.17. The summed E-state index contributed by atoms with van der Waals surface area (Å²) in [5.74, 6) is 0.958. The zero-order valence-corrected chi connectivity index (χ0v) is 16.2. The third-order valence-electron chi connectivity index (χ3n) is 4.43. The summed E-state index contributed by atoms with van der Waals surface area (Å²) in [6.07, 6.45) is 3.36. The van der Waals surface area contributed by atoms with Crippen molar-refractivity contribution in [2.75, 3.05) is 18.7 Å². The Balaban J connectivity index is 1.65. The molecule has 6 heteroatoms. The van der Waals surface area contributed by atoms with Crippen molar-refractivity contribution < 1.29 is 9.53 Å². The van der Waals surface area contributed by atoms with Crippen LogP contribution in [0.4, 0.5) is 5.69 Å². The standard InChI is InChI=1S/C20H18N2O2S2/c1-24-17-10-14(4-7-18(17)25-2)20-22-16(11-26-20)13-3-6-15-12(9-13)5-8-19(23)21-15/h3-4,6-7,9-11H,5,8H2,1-2H3,(H,21,23). The first kappa shape index (κ1) is 17.1. The maximum Gasteiger partial charge on any atom is 0.224 e. The first-order valence-corrected chi connectivity index (χ1v) is 10.4. The maximum absolute atomic E-state index is 11.5. The van der Waals surface area contributed by atoms with E-state index in [0.717, 1.165) is 44.6 Å². The van der Waals surface area contributed by atoms with Gasteiger partial charge in [0.05, 0.1) is 12.8 Å². The van der Waals surface area contributed by atoms with E-state index in [1.807, 2.05) is 24.5 Å². The molecule has 4 rings (SSSR count). The third kappa shape index (κ3) is 3.22. The molecule has 1 N–H and O–H groups in total. The van der Waals surface area contributed by atoms with Crippen molar-refractivity contribution in [1.82, 2.24) is 4.98 Å². The predicted octanol–water partition coefficient (Wildman–Crippen LogP) is 5.09. The van der Waals surface area contributed by atoms with Gasteiger partial charge >= 0.3 is 0 Å². The molecular formula is C20H18N2O2S2. The lowest BCUT2D eigenvalue weighted by atomic mass is 9.99. The number of thioether (sulfide) groups is 1. The summed E-state index contributed by atoms with van der Waals surface area (Å²) in [6, 6.07) is 12.3. The summed E-state index contributed by atoms with van der Waals surface area (Å²) in [6.45, 7) is 0. The molecule has 0 aliphatic carbocycles. The number of methoxy groups -OCH3 is 1. The number of nitrogens with one attached hydrogen (secondary N) is 1. The van der Waals surface area contributed by atoms with Gasteiger partial charge in [0.15, 0.2) is 0 Å². The molecule has 1 aliphatic rings. The summed E-state index contributed by atoms with van der Waals surface area (Å²) in [5, 5.41) is 5.97. The maximum atomic E-state index is 11.5. The summed E-state index contributed by atoms with van der Waals surface area (Å²) in [5.41, 5.74) is 5.18. The summed E-state index contributed by atoms with van der Waals surface area (Å²) in [7, 11) is 1.69. The highest BCUT2D eigenvalue weighted by Gasteiger charge is 2.16. The molecule has 1 aromatic heterocycles. The number of aromatic nitrogens is 1. The minimum atomic E-state index is 0.0869. The number of hydrogen-bond donors (Lipinski definition) is 1. The SMILES string of the molecule is COc1cc(-c2nc(-c3ccc4c(c3)CCC(=O)N4)cs2)ccc1SC. The zero-order chi connectivity index (χ0) is 18.1. The normalized spacial score (nSPS) is 13.2. The van der Waals surface area contributed by atoms with E-state index in [2.05, 4.69) is 28.9 Å². The Kier molecular flexibility index (Phi) is 4.70. The van der Waals surface area contributed by atoms with E-state index < -0.39 is 0 Å². The summed E-state index contributed by atoms with van der Waals surface area (Å²) >= 11 is 3.29. The number of thiazole rings is 1. The van der Waals surface area contributed by atoms with E-state index in [1.54, 1.807) is 30.2 Å². The van der Waals surface area contributed by atoms with E-state index in [1.165, 1.54) is 5.56 Å². The Bertz CT molecular complexity index is 982. The average molecular weight is 383 g/mol. The number of hydrogen-bond acceptors (Lipinski definition) is 5. The lowest BCUT2D eigenvalue weighted by molar-refractivity contribution is -0.116. The first-order valence-electron chi connectivity index (χ1n) is 8.29. The molecule has 0 saturated carbocycles. The van der Waals surface area contributed by atoms with Gasteiger partial charge in [0.2, 0.25) is 5.91 Å². The Labute approximate surface area is 160 Å². The lowest BCUT2D eigenvalue weighted by Crippen LogP contribution is -2.18. The fourth-order valence-electron chi connectivity index (χ4n) is 3.05. The van der Waals surface area contributed by atoms with Crippen LogP contribution >= 0.6 is 23.1 Å². The predicted molar refractivity (Wildman–Crippen MR) is 108 cm³/mol. The van der Waals surface area contributed by atoms with E-state index in [0.29, 0.717) is 6.42 Å². The zero-order valence-electron chi connectivity index (χ0n) is 14.5. The highest BCUT2D eigenvalue weighted by molar-refractivity contribution is 7.98. The van der Waals surface area contributed by atoms with Crippen LogP contribution in [-0.2, 0) is 11.2 Å². The van der Waals surface area contributed by atoms with Gasteiger partial charge in [-0.2, -0.15) is 0 Å². The number of nitrogens with zero attached hydrogens (tertiary/aromatic N) is 1. The van der Waals surface area contributed by atoms with Gasteiger partial charge in [0.1, 0.15) is 10.8 Å². The van der Waals surface area contributed by atoms with Crippen LogP contribution in [0.1, 0.15) is 12.0 Å². The number of anilines is 1. The van der Waals surface area contributed by atoms with Gasteiger partial charge in [-0.15, -0.1) is 23.1 Å². The van der Waals surface area contributed by atoms with Crippen LogP contribution < -0.4 is 10.1 Å². The van der Waals surface area contributed by atoms with Gasteiger partial charge < -0.3 is 10.1 Å². The van der Waals surface area contributed by atoms with Crippen LogP contribution in [0.3, 0.4) is 0 Å². The van der Waals surface area contributed by atoms with Crippen LogP contribution in [0.25, 0.3) is 21.8 Å². The van der Waals surface area contributed by atoms with Crippen molar-refractivity contribution in [3.05, 3.63) is 47.3 Å². The first-order chi connectivity index (χ1) is 12.7. The van der Waals surface area contributed by atoms with Gasteiger partial charge in [-0.05, 0) is 42.5 Å². The molecule has 0 radical (unpaired) electrons. The number of fused-ring (bicyclic) bond motifs is 1. The summed E-state index contributed by atoms with van der Waals surface area (Å²) < 4.78 is 5.48. The molecule has 4 nitrogen and oxygen atoms in total. The van der Waals surface area contributed by atoms with Crippen LogP contribution in [0.2, 0.25) is 0 Å².